The maximum atomic E-state index is 12.4. The molecule has 1 saturated carbocycles. The lowest BCUT2D eigenvalue weighted by atomic mass is 9.94. The summed E-state index contributed by atoms with van der Waals surface area (Å²) >= 11 is 0. The number of nitrogens with zero attached hydrogens (tertiary/aromatic N) is 2. The van der Waals surface area contributed by atoms with Crippen molar-refractivity contribution in [1.82, 2.24) is 4.90 Å². The second-order valence-electron chi connectivity index (χ2n) is 12.6. The van der Waals surface area contributed by atoms with Crippen LogP contribution in [0.3, 0.4) is 0 Å². The molecule has 3 heterocycles. The molecular formula is C30H48N4O16. The maximum Gasteiger partial charge on any atom is 0.303 e. The molecule has 20 heteroatoms. The van der Waals surface area contributed by atoms with E-state index in [1.165, 1.54) is 7.11 Å². The Balaban J connectivity index is 1.61. The fraction of sp³-hybridized carbons (Fsp3) is 0.833. The Bertz CT molecular complexity index is 1260. The Hall–Kier alpha value is -3.21. The lowest BCUT2D eigenvalue weighted by Gasteiger charge is -2.48. The van der Waals surface area contributed by atoms with Gasteiger partial charge in [0, 0.05) is 48.9 Å². The number of methoxy groups -OCH3 is 1. The normalized spacial score (nSPS) is 39.4. The molecule has 4 rings (SSSR count). The number of carbonyl (C=O) groups excluding carboxylic acids is 4. The van der Waals surface area contributed by atoms with E-state index in [2.05, 4.69) is 4.99 Å². The molecule has 6 N–H and O–H groups in total. The molecule has 0 amide bonds. The van der Waals surface area contributed by atoms with Crippen molar-refractivity contribution in [3.05, 3.63) is 0 Å². The highest BCUT2D eigenvalue weighted by Crippen LogP contribution is 2.41. The Morgan fingerprint density at radius 3 is 1.74 bits per heavy atom. The van der Waals surface area contributed by atoms with E-state index in [-0.39, 0.29) is 6.61 Å². The van der Waals surface area contributed by atoms with Crippen LogP contribution in [0, 0.1) is 5.92 Å². The zero-order valence-electron chi connectivity index (χ0n) is 28.9. The molecule has 0 aromatic rings. The molecule has 0 aromatic heterocycles. The monoisotopic (exact) mass is 720 g/mol. The molecule has 3 fully saturated rings. The van der Waals surface area contributed by atoms with E-state index in [1.807, 2.05) is 0 Å². The van der Waals surface area contributed by atoms with Gasteiger partial charge in [0.15, 0.2) is 30.9 Å². The van der Waals surface area contributed by atoms with Crippen LogP contribution in [0.25, 0.3) is 0 Å². The molecular weight excluding hydrogens is 672 g/mol. The van der Waals surface area contributed by atoms with Gasteiger partial charge in [0.1, 0.15) is 43.2 Å². The van der Waals surface area contributed by atoms with E-state index in [9.17, 15) is 29.4 Å². The second-order valence-corrected chi connectivity index (χ2v) is 12.6. The van der Waals surface area contributed by atoms with Crippen LogP contribution in [0.2, 0.25) is 0 Å². The minimum Gasteiger partial charge on any atom is -0.463 e. The topological polar surface area (TPSA) is 269 Å². The van der Waals surface area contributed by atoms with E-state index in [0.29, 0.717) is 6.02 Å². The van der Waals surface area contributed by atoms with Crippen molar-refractivity contribution >= 4 is 29.9 Å². The Morgan fingerprint density at radius 1 is 0.740 bits per heavy atom. The molecule has 3 aliphatic heterocycles. The van der Waals surface area contributed by atoms with Crippen molar-refractivity contribution in [2.45, 2.75) is 113 Å². The van der Waals surface area contributed by atoms with E-state index in [0.717, 1.165) is 27.7 Å². The van der Waals surface area contributed by atoms with Crippen molar-refractivity contribution in [2.24, 2.45) is 22.4 Å². The number of aliphatic hydroxyl groups excluding tert-OH is 2. The van der Waals surface area contributed by atoms with Crippen LogP contribution in [0.4, 0.5) is 0 Å². The molecule has 2 saturated heterocycles. The number of nitrogens with two attached hydrogens (primary N) is 2. The van der Waals surface area contributed by atoms with Gasteiger partial charge in [-0.3, -0.25) is 19.2 Å². The lowest BCUT2D eigenvalue weighted by Crippen LogP contribution is -2.69. The standard InChI is InChI=1S/C30H48N4O16/c1-11(37)42-10-17-24(43-12(2)38)26(45-14(4)40)19(32)29(47-17)49-23-16(9-36)46-28(18(31)25(23)44-13(3)39)48-22-15(8-35)21-20(27(22)41-7)33-30(50-21)34(5)6/h15-29,35-36H,8-10,31-32H2,1-7H3/t15?,16?,17?,18?,19?,20?,21?,22-,23-,24-,25?,26?,27?,28+,29+/m1/s1. The Morgan fingerprint density at radius 2 is 1.26 bits per heavy atom. The molecule has 4 aliphatic rings. The first kappa shape index (κ1) is 39.6. The third kappa shape index (κ3) is 8.62. The highest BCUT2D eigenvalue weighted by molar-refractivity contribution is 5.75. The van der Waals surface area contributed by atoms with Gasteiger partial charge in [-0.25, -0.2) is 4.99 Å². The molecule has 50 heavy (non-hydrogen) atoms. The summed E-state index contributed by atoms with van der Waals surface area (Å²) in [5, 5.41) is 20.9. The van der Waals surface area contributed by atoms with Crippen LogP contribution < -0.4 is 11.5 Å². The number of hydrogen-bond acceptors (Lipinski definition) is 20. The average molecular weight is 721 g/mol. The predicted octanol–water partition coefficient (Wildman–Crippen LogP) is -3.47. The van der Waals surface area contributed by atoms with Gasteiger partial charge in [0.25, 0.3) is 6.02 Å². The van der Waals surface area contributed by atoms with Crippen LogP contribution in [-0.4, -0.2) is 172 Å². The van der Waals surface area contributed by atoms with Crippen LogP contribution in [0.5, 0.6) is 0 Å². The number of ether oxygens (including phenoxy) is 10. The van der Waals surface area contributed by atoms with Gasteiger partial charge in [-0.1, -0.05) is 0 Å². The number of fused-ring (bicyclic) bond motifs is 1. The summed E-state index contributed by atoms with van der Waals surface area (Å²) in [6.45, 7) is 3.00. The summed E-state index contributed by atoms with van der Waals surface area (Å²) < 4.78 is 57.8. The largest absolute Gasteiger partial charge is 0.463 e. The average Bonchev–Trinajstić information content (AvgIpc) is 3.58. The third-order valence-electron chi connectivity index (χ3n) is 8.71. The lowest BCUT2D eigenvalue weighted by molar-refractivity contribution is -0.337. The number of esters is 4. The van der Waals surface area contributed by atoms with Crippen molar-refractivity contribution in [3.63, 3.8) is 0 Å². The van der Waals surface area contributed by atoms with Crippen LogP contribution in [0.15, 0.2) is 4.99 Å². The van der Waals surface area contributed by atoms with Gasteiger partial charge < -0.3 is 73.9 Å². The maximum absolute atomic E-state index is 12.4. The van der Waals surface area contributed by atoms with E-state index >= 15 is 0 Å². The zero-order chi connectivity index (χ0) is 37.0. The number of hydrogen-bond donors (Lipinski definition) is 4. The van der Waals surface area contributed by atoms with Crippen molar-refractivity contribution in [2.75, 3.05) is 41.0 Å². The number of amidine groups is 1. The quantitative estimate of drug-likeness (QED) is 0.113. The first-order valence-electron chi connectivity index (χ1n) is 16.1. The number of aliphatic hydroxyl groups is 2. The van der Waals surface area contributed by atoms with Gasteiger partial charge >= 0.3 is 23.9 Å². The summed E-state index contributed by atoms with van der Waals surface area (Å²) in [5.74, 6) is -3.61. The molecule has 284 valence electrons. The fourth-order valence-corrected chi connectivity index (χ4v) is 6.59. The molecule has 0 aromatic carbocycles. The van der Waals surface area contributed by atoms with Crippen LogP contribution >= 0.6 is 0 Å². The van der Waals surface area contributed by atoms with Crippen LogP contribution in [-0.2, 0) is 66.5 Å². The first-order chi connectivity index (χ1) is 23.6. The predicted molar refractivity (Wildman–Crippen MR) is 165 cm³/mol. The zero-order valence-corrected chi connectivity index (χ0v) is 28.9. The summed E-state index contributed by atoms with van der Waals surface area (Å²) in [7, 11) is 4.99. The Labute approximate surface area is 288 Å². The molecule has 0 radical (unpaired) electrons. The van der Waals surface area contributed by atoms with Gasteiger partial charge in [-0.05, 0) is 0 Å². The fourth-order valence-electron chi connectivity index (χ4n) is 6.59. The van der Waals surface area contributed by atoms with Gasteiger partial charge in [0.05, 0.1) is 37.3 Å². The molecule has 15 atom stereocenters. The van der Waals surface area contributed by atoms with E-state index in [4.69, 9.17) is 58.8 Å². The molecule has 10 unspecified atom stereocenters. The highest BCUT2D eigenvalue weighted by Gasteiger charge is 2.59. The number of aliphatic imine (C=N–C) groups is 1. The molecule has 1 aliphatic carbocycles. The third-order valence-corrected chi connectivity index (χ3v) is 8.71. The number of rotatable bonds is 12. The molecule has 0 spiro atoms. The van der Waals surface area contributed by atoms with Crippen molar-refractivity contribution in [3.8, 4) is 0 Å². The van der Waals surface area contributed by atoms with Gasteiger partial charge in [0.2, 0.25) is 0 Å². The molecule has 20 nitrogen and oxygen atoms in total. The van der Waals surface area contributed by atoms with Crippen molar-refractivity contribution in [1.29, 1.82) is 0 Å². The number of carbonyl (C=O) groups is 4. The minimum atomic E-state index is -1.51. The summed E-state index contributed by atoms with van der Waals surface area (Å²) in [4.78, 5) is 54.4. The van der Waals surface area contributed by atoms with E-state index < -0.39 is 129 Å². The van der Waals surface area contributed by atoms with Crippen LogP contribution in [0.1, 0.15) is 27.7 Å². The van der Waals surface area contributed by atoms with E-state index in [1.54, 1.807) is 19.0 Å². The highest BCUT2D eigenvalue weighted by atomic mass is 16.7. The SMILES string of the molecule is COC1C2N=C(N(C)C)OC2C(CO)[C@H]1O[C@@H]1OC(CO)[C@@H](O[C@@H]2OC(COC(C)=O)[C@@H](OC(C)=O)C(OC(C)=O)C2N)C(OC(C)=O)C1N. The second kappa shape index (κ2) is 16.9. The summed E-state index contributed by atoms with van der Waals surface area (Å²) in [6.07, 6.45) is -12.9. The minimum absolute atomic E-state index is 0.365. The molecule has 0 bridgehead atoms. The van der Waals surface area contributed by atoms with Crippen molar-refractivity contribution < 1.29 is 76.8 Å². The van der Waals surface area contributed by atoms with Gasteiger partial charge in [-0.15, -0.1) is 0 Å². The smallest absolute Gasteiger partial charge is 0.303 e. The summed E-state index contributed by atoms with van der Waals surface area (Å²) in [6, 6.07) is -2.76. The first-order valence-corrected chi connectivity index (χ1v) is 16.1. The Kier molecular flexibility index (Phi) is 13.4. The summed E-state index contributed by atoms with van der Waals surface area (Å²) in [5.41, 5.74) is 13.1. The van der Waals surface area contributed by atoms with Gasteiger partial charge in [-0.2, -0.15) is 0 Å².